The number of benzene rings is 1. The number of amidine groups is 1. The quantitative estimate of drug-likeness (QED) is 0.335. The zero-order valence-corrected chi connectivity index (χ0v) is 16.6. The van der Waals surface area contributed by atoms with E-state index in [1.54, 1.807) is 19.2 Å². The van der Waals surface area contributed by atoms with E-state index >= 15 is 0 Å². The number of carbonyl (C=O) groups excluding carboxylic acids is 1. The van der Waals surface area contributed by atoms with Crippen LogP contribution in [0.3, 0.4) is 0 Å². The van der Waals surface area contributed by atoms with E-state index < -0.39 is 23.5 Å². The van der Waals surface area contributed by atoms with Crippen LogP contribution < -0.4 is 16.6 Å². The third-order valence-electron chi connectivity index (χ3n) is 4.32. The number of aliphatic carboxylic acids is 1. The van der Waals surface area contributed by atoms with Gasteiger partial charge in [-0.1, -0.05) is 29.8 Å². The third-order valence-corrected chi connectivity index (χ3v) is 4.32. The Morgan fingerprint density at radius 2 is 2.03 bits per heavy atom. The lowest BCUT2D eigenvalue weighted by molar-refractivity contribution is -0.139. The standard InChI is InChI=1S/C21H26N4O4/c1-14-6-3-7-16(12-14)13-25-11-5-8-17(20(25)27)19(26)24-18(21(28)29)9-4-10-23-15(2)22/h3,5-8,11-12,18H,4,9-10,13H2,1-2H3,(H2,22,23)(H,24,26)(H,28,29). The summed E-state index contributed by atoms with van der Waals surface area (Å²) in [4.78, 5) is 40.7. The van der Waals surface area contributed by atoms with Crippen molar-refractivity contribution in [3.05, 3.63) is 69.6 Å². The normalized spacial score (nSPS) is 12.4. The molecule has 2 rings (SSSR count). The molecule has 8 heteroatoms. The van der Waals surface area contributed by atoms with Gasteiger partial charge in [0.15, 0.2) is 0 Å². The van der Waals surface area contributed by atoms with E-state index in [4.69, 9.17) is 5.73 Å². The Balaban J connectivity index is 2.12. The van der Waals surface area contributed by atoms with E-state index in [-0.39, 0.29) is 12.0 Å². The van der Waals surface area contributed by atoms with Crippen LogP contribution in [0.4, 0.5) is 0 Å². The lowest BCUT2D eigenvalue weighted by Crippen LogP contribution is -2.43. The molecule has 0 spiro atoms. The van der Waals surface area contributed by atoms with Crippen LogP contribution in [0.1, 0.15) is 41.3 Å². The number of amides is 1. The molecule has 0 saturated heterocycles. The van der Waals surface area contributed by atoms with Gasteiger partial charge in [0, 0.05) is 12.7 Å². The van der Waals surface area contributed by atoms with Crippen LogP contribution in [0.15, 0.2) is 52.4 Å². The fourth-order valence-corrected chi connectivity index (χ4v) is 2.89. The predicted octanol–water partition coefficient (Wildman–Crippen LogP) is 1.55. The van der Waals surface area contributed by atoms with Crippen molar-refractivity contribution in [1.82, 2.24) is 9.88 Å². The maximum absolute atomic E-state index is 12.7. The summed E-state index contributed by atoms with van der Waals surface area (Å²) in [7, 11) is 0. The van der Waals surface area contributed by atoms with Gasteiger partial charge in [-0.25, -0.2) is 4.79 Å². The Hall–Kier alpha value is -3.42. The molecule has 1 unspecified atom stereocenters. The van der Waals surface area contributed by atoms with Gasteiger partial charge < -0.3 is 20.7 Å². The number of nitrogens with zero attached hydrogens (tertiary/aromatic N) is 2. The summed E-state index contributed by atoms with van der Waals surface area (Å²) >= 11 is 0. The van der Waals surface area contributed by atoms with E-state index in [1.165, 1.54) is 10.6 Å². The summed E-state index contributed by atoms with van der Waals surface area (Å²) in [6.07, 6.45) is 2.23. The first-order valence-electron chi connectivity index (χ1n) is 9.33. The van der Waals surface area contributed by atoms with Gasteiger partial charge in [0.2, 0.25) is 0 Å². The van der Waals surface area contributed by atoms with Gasteiger partial charge in [0.25, 0.3) is 11.5 Å². The van der Waals surface area contributed by atoms with Crippen LogP contribution >= 0.6 is 0 Å². The molecule has 0 bridgehead atoms. The summed E-state index contributed by atoms with van der Waals surface area (Å²) < 4.78 is 1.43. The Morgan fingerprint density at radius 1 is 1.28 bits per heavy atom. The maximum atomic E-state index is 12.7. The number of aliphatic imine (C=N–C) groups is 1. The molecule has 0 aliphatic rings. The summed E-state index contributed by atoms with van der Waals surface area (Å²) in [6, 6.07) is 9.61. The van der Waals surface area contributed by atoms with Gasteiger partial charge in [-0.15, -0.1) is 0 Å². The monoisotopic (exact) mass is 398 g/mol. The number of hydrogen-bond donors (Lipinski definition) is 3. The number of carboxylic acids is 1. The van der Waals surface area contributed by atoms with E-state index in [9.17, 15) is 19.5 Å². The molecule has 154 valence electrons. The lowest BCUT2D eigenvalue weighted by atomic mass is 10.1. The molecule has 2 aromatic rings. The average Bonchev–Trinajstić information content (AvgIpc) is 2.65. The lowest BCUT2D eigenvalue weighted by Gasteiger charge is -2.14. The van der Waals surface area contributed by atoms with Crippen molar-refractivity contribution >= 4 is 17.7 Å². The van der Waals surface area contributed by atoms with Gasteiger partial charge in [-0.3, -0.25) is 14.6 Å². The Labute approximate surface area is 169 Å². The Morgan fingerprint density at radius 3 is 2.69 bits per heavy atom. The molecule has 0 aliphatic carbocycles. The number of nitrogens with two attached hydrogens (primary N) is 1. The largest absolute Gasteiger partial charge is 0.480 e. The number of nitrogens with one attached hydrogen (secondary N) is 1. The molecule has 1 aromatic carbocycles. The fraction of sp³-hybridized carbons (Fsp3) is 0.333. The predicted molar refractivity (Wildman–Crippen MR) is 111 cm³/mol. The summed E-state index contributed by atoms with van der Waals surface area (Å²) in [5, 5.41) is 11.8. The second-order valence-corrected chi connectivity index (χ2v) is 6.87. The highest BCUT2D eigenvalue weighted by Gasteiger charge is 2.22. The minimum absolute atomic E-state index is 0.0952. The highest BCUT2D eigenvalue weighted by atomic mass is 16.4. The topological polar surface area (TPSA) is 127 Å². The molecule has 8 nitrogen and oxygen atoms in total. The summed E-state index contributed by atoms with van der Waals surface area (Å²) in [5.74, 6) is -1.46. The molecular weight excluding hydrogens is 372 g/mol. The number of pyridine rings is 1. The van der Waals surface area contributed by atoms with Crippen LogP contribution in [-0.4, -0.2) is 40.0 Å². The van der Waals surface area contributed by atoms with Gasteiger partial charge >= 0.3 is 5.97 Å². The van der Waals surface area contributed by atoms with Crippen molar-refractivity contribution in [3.63, 3.8) is 0 Å². The molecule has 1 aromatic heterocycles. The minimum Gasteiger partial charge on any atom is -0.480 e. The first-order chi connectivity index (χ1) is 13.8. The van der Waals surface area contributed by atoms with E-state index in [1.807, 2.05) is 31.2 Å². The van der Waals surface area contributed by atoms with Crippen molar-refractivity contribution in [2.45, 2.75) is 39.3 Å². The van der Waals surface area contributed by atoms with Crippen LogP contribution in [0.25, 0.3) is 0 Å². The number of hydrogen-bond acceptors (Lipinski definition) is 4. The molecule has 4 N–H and O–H groups in total. The zero-order valence-electron chi connectivity index (χ0n) is 16.6. The molecule has 1 atom stereocenters. The Kier molecular flexibility index (Phi) is 7.70. The van der Waals surface area contributed by atoms with E-state index in [0.717, 1.165) is 11.1 Å². The maximum Gasteiger partial charge on any atom is 0.326 e. The smallest absolute Gasteiger partial charge is 0.326 e. The SMILES string of the molecule is CC(N)=NCCCC(NC(=O)c1cccn(Cc2cccc(C)c2)c1=O)C(=O)O. The number of carboxylic acid groups (broad SMARTS) is 1. The zero-order chi connectivity index (χ0) is 21.4. The first-order valence-corrected chi connectivity index (χ1v) is 9.33. The molecule has 0 aliphatic heterocycles. The first kappa shape index (κ1) is 21.9. The van der Waals surface area contributed by atoms with Crippen molar-refractivity contribution < 1.29 is 14.7 Å². The molecule has 0 saturated carbocycles. The number of aromatic nitrogens is 1. The molecule has 0 fully saturated rings. The molecule has 29 heavy (non-hydrogen) atoms. The van der Waals surface area contributed by atoms with Crippen molar-refractivity contribution in [3.8, 4) is 0 Å². The Bertz CT molecular complexity index is 961. The van der Waals surface area contributed by atoms with Crippen LogP contribution in [-0.2, 0) is 11.3 Å². The van der Waals surface area contributed by atoms with E-state index in [0.29, 0.717) is 25.3 Å². The van der Waals surface area contributed by atoms with Crippen LogP contribution in [0.5, 0.6) is 0 Å². The molecule has 1 heterocycles. The van der Waals surface area contributed by atoms with E-state index in [2.05, 4.69) is 10.3 Å². The van der Waals surface area contributed by atoms with Crippen LogP contribution in [0.2, 0.25) is 0 Å². The molecular formula is C21H26N4O4. The number of carbonyl (C=O) groups is 2. The highest BCUT2D eigenvalue weighted by Crippen LogP contribution is 2.06. The second kappa shape index (κ2) is 10.2. The summed E-state index contributed by atoms with van der Waals surface area (Å²) in [5.41, 5.74) is 6.88. The van der Waals surface area contributed by atoms with Crippen molar-refractivity contribution in [2.75, 3.05) is 6.54 Å². The average molecular weight is 398 g/mol. The summed E-state index contributed by atoms with van der Waals surface area (Å²) in [6.45, 7) is 4.30. The third kappa shape index (κ3) is 6.60. The van der Waals surface area contributed by atoms with Gasteiger partial charge in [0.1, 0.15) is 11.6 Å². The second-order valence-electron chi connectivity index (χ2n) is 6.87. The number of rotatable bonds is 9. The minimum atomic E-state index is -1.16. The van der Waals surface area contributed by atoms with Crippen molar-refractivity contribution in [2.24, 2.45) is 10.7 Å². The molecule has 1 amide bonds. The van der Waals surface area contributed by atoms with Gasteiger partial charge in [-0.2, -0.15) is 0 Å². The molecule has 0 radical (unpaired) electrons. The van der Waals surface area contributed by atoms with Crippen LogP contribution in [0, 0.1) is 6.92 Å². The van der Waals surface area contributed by atoms with Crippen molar-refractivity contribution in [1.29, 1.82) is 0 Å². The number of aryl methyl sites for hydroxylation is 1. The highest BCUT2D eigenvalue weighted by molar-refractivity contribution is 5.96. The van der Waals surface area contributed by atoms with Gasteiger partial charge in [-0.05, 0) is 44.4 Å². The van der Waals surface area contributed by atoms with Gasteiger partial charge in [0.05, 0.1) is 12.4 Å². The fourth-order valence-electron chi connectivity index (χ4n) is 2.89.